The molecule has 0 radical (unpaired) electrons. The molecule has 118 valence electrons. The lowest BCUT2D eigenvalue weighted by Crippen LogP contribution is -2.11. The van der Waals surface area contributed by atoms with Crippen molar-refractivity contribution in [3.05, 3.63) is 49.7 Å². The van der Waals surface area contributed by atoms with E-state index in [0.717, 1.165) is 15.7 Å². The number of hydrogen-bond acceptors (Lipinski definition) is 6. The number of anilines is 1. The van der Waals surface area contributed by atoms with Crippen LogP contribution in [0.3, 0.4) is 0 Å². The van der Waals surface area contributed by atoms with Gasteiger partial charge in [-0.2, -0.15) is 0 Å². The summed E-state index contributed by atoms with van der Waals surface area (Å²) in [5.74, 6) is -0.571. The summed E-state index contributed by atoms with van der Waals surface area (Å²) >= 11 is 6.20. The van der Waals surface area contributed by atoms with Crippen molar-refractivity contribution in [3.63, 3.8) is 0 Å². The number of nitrogens with zero attached hydrogens (tertiary/aromatic N) is 2. The number of benzene rings is 1. The molecule has 2 aromatic rings. The van der Waals surface area contributed by atoms with E-state index < -0.39 is 5.92 Å². The summed E-state index contributed by atoms with van der Waals surface area (Å²) in [4.78, 5) is 19.4. The van der Waals surface area contributed by atoms with Gasteiger partial charge in [-0.3, -0.25) is 10.2 Å². The fourth-order valence-corrected chi connectivity index (χ4v) is 4.87. The number of ketones is 1. The monoisotopic (exact) mass is 407 g/mol. The number of allylic oxidation sites excluding steroid dienone is 1. The number of rotatable bonds is 3. The van der Waals surface area contributed by atoms with Crippen LogP contribution in [0, 0.1) is 5.41 Å². The predicted molar refractivity (Wildman–Crippen MR) is 102 cm³/mol. The highest BCUT2D eigenvalue weighted by atomic mass is 79.9. The normalized spacial score (nSPS) is 19.6. The van der Waals surface area contributed by atoms with Gasteiger partial charge < -0.3 is 4.90 Å². The number of Topliss-reactive ketones (excluding diaryl/α,β-unsaturated/α-hetero) is 1. The van der Waals surface area contributed by atoms with Gasteiger partial charge >= 0.3 is 0 Å². The highest BCUT2D eigenvalue weighted by Gasteiger charge is 2.38. The molecule has 7 heteroatoms. The van der Waals surface area contributed by atoms with Crippen LogP contribution in [0.15, 0.2) is 39.2 Å². The molecule has 1 atom stereocenters. The van der Waals surface area contributed by atoms with Gasteiger partial charge in [0.25, 0.3) is 0 Å². The minimum Gasteiger partial charge on any atom is -0.377 e. The molecule has 23 heavy (non-hydrogen) atoms. The van der Waals surface area contributed by atoms with Crippen LogP contribution in [-0.2, 0) is 4.79 Å². The number of aromatic nitrogens is 1. The Kier molecular flexibility index (Phi) is 4.70. The van der Waals surface area contributed by atoms with Crippen LogP contribution in [0.5, 0.6) is 0 Å². The highest BCUT2D eigenvalue weighted by Crippen LogP contribution is 2.41. The Balaban J connectivity index is 1.90. The Morgan fingerprint density at radius 2 is 2.17 bits per heavy atom. The van der Waals surface area contributed by atoms with Crippen molar-refractivity contribution in [1.82, 2.24) is 4.98 Å². The second kappa shape index (κ2) is 6.59. The van der Waals surface area contributed by atoms with Crippen molar-refractivity contribution in [1.29, 1.82) is 5.41 Å². The summed E-state index contributed by atoms with van der Waals surface area (Å²) in [5.41, 5.74) is 2.01. The molecule has 1 aliphatic rings. The fraction of sp³-hybridized carbons (Fsp3) is 0.188. The van der Waals surface area contributed by atoms with Crippen LogP contribution in [0.1, 0.15) is 16.5 Å². The molecule has 1 N–H and O–H groups in total. The number of halogens is 1. The van der Waals surface area contributed by atoms with E-state index in [0.29, 0.717) is 15.0 Å². The Morgan fingerprint density at radius 1 is 1.39 bits per heavy atom. The number of carbonyl (C=O) groups excluding carboxylic acids is 1. The van der Waals surface area contributed by atoms with Crippen LogP contribution in [-0.4, -0.2) is 29.9 Å². The minimum atomic E-state index is -0.532. The second-order valence-electron chi connectivity index (χ2n) is 5.25. The molecule has 1 aromatic carbocycles. The molecule has 2 heterocycles. The number of hydrogen-bond donors (Lipinski definition) is 1. The third-order valence-electron chi connectivity index (χ3n) is 3.44. The lowest BCUT2D eigenvalue weighted by Gasteiger charge is -2.14. The maximum Gasteiger partial charge on any atom is 0.186 e. The van der Waals surface area contributed by atoms with Gasteiger partial charge in [-0.25, -0.2) is 4.98 Å². The zero-order valence-corrected chi connectivity index (χ0v) is 15.8. The van der Waals surface area contributed by atoms with Crippen LogP contribution < -0.4 is 4.90 Å². The zero-order valence-electron chi connectivity index (χ0n) is 12.5. The molecule has 1 saturated heterocycles. The molecule has 0 aliphatic carbocycles. The first-order chi connectivity index (χ1) is 11.0. The van der Waals surface area contributed by atoms with E-state index >= 15 is 0 Å². The van der Waals surface area contributed by atoms with Crippen LogP contribution in [0.4, 0.5) is 5.69 Å². The lowest BCUT2D eigenvalue weighted by atomic mass is 10.0. The fourth-order valence-electron chi connectivity index (χ4n) is 2.32. The van der Waals surface area contributed by atoms with E-state index in [9.17, 15) is 4.79 Å². The zero-order chi connectivity index (χ0) is 16.6. The summed E-state index contributed by atoms with van der Waals surface area (Å²) in [6.07, 6.45) is 3.52. The van der Waals surface area contributed by atoms with Crippen molar-refractivity contribution in [3.8, 4) is 0 Å². The van der Waals surface area contributed by atoms with Gasteiger partial charge in [0.1, 0.15) is 10.9 Å². The van der Waals surface area contributed by atoms with Gasteiger partial charge in [-0.1, -0.05) is 17.8 Å². The Hall–Kier alpha value is -1.44. The first-order valence-corrected chi connectivity index (χ1v) is 9.34. The van der Waals surface area contributed by atoms with Crippen molar-refractivity contribution >= 4 is 61.6 Å². The van der Waals surface area contributed by atoms with Crippen LogP contribution >= 0.6 is 39.0 Å². The maximum atomic E-state index is 12.6. The summed E-state index contributed by atoms with van der Waals surface area (Å²) in [6.45, 7) is 0. The molecule has 3 rings (SSSR count). The van der Waals surface area contributed by atoms with Gasteiger partial charge in [0.2, 0.25) is 0 Å². The summed E-state index contributed by atoms with van der Waals surface area (Å²) < 4.78 is 0.971. The SMILES string of the molecule is CN(C)c1ccc(/C=C2\SC(=N)[C@H](c3nccs3)C2=O)cc1Br. The lowest BCUT2D eigenvalue weighted by molar-refractivity contribution is -0.114. The Labute approximate surface area is 151 Å². The number of nitrogens with one attached hydrogen (secondary N) is 1. The highest BCUT2D eigenvalue weighted by molar-refractivity contribution is 9.10. The minimum absolute atomic E-state index is 0.0391. The summed E-state index contributed by atoms with van der Waals surface area (Å²) in [6, 6.07) is 5.96. The van der Waals surface area contributed by atoms with E-state index in [1.807, 2.05) is 48.7 Å². The largest absolute Gasteiger partial charge is 0.377 e. The van der Waals surface area contributed by atoms with E-state index in [1.165, 1.54) is 23.1 Å². The molecule has 4 nitrogen and oxygen atoms in total. The van der Waals surface area contributed by atoms with E-state index in [1.54, 1.807) is 6.20 Å². The van der Waals surface area contributed by atoms with E-state index in [2.05, 4.69) is 20.9 Å². The molecule has 1 aliphatic heterocycles. The predicted octanol–water partition coefficient (Wildman–Crippen LogP) is 4.39. The van der Waals surface area contributed by atoms with Gasteiger partial charge in [-0.05, 0) is 39.7 Å². The van der Waals surface area contributed by atoms with E-state index in [-0.39, 0.29) is 5.78 Å². The first-order valence-electron chi connectivity index (χ1n) is 6.86. The maximum absolute atomic E-state index is 12.6. The molecular formula is C16H14BrN3OS2. The average Bonchev–Trinajstić information content (AvgIpc) is 3.08. The smallest absolute Gasteiger partial charge is 0.186 e. The van der Waals surface area contributed by atoms with Gasteiger partial charge in [0.15, 0.2) is 5.78 Å². The molecule has 0 spiro atoms. The van der Waals surface area contributed by atoms with Gasteiger partial charge in [0.05, 0.1) is 15.6 Å². The molecule has 0 saturated carbocycles. The van der Waals surface area contributed by atoms with Crippen molar-refractivity contribution in [2.75, 3.05) is 19.0 Å². The van der Waals surface area contributed by atoms with Gasteiger partial charge in [0, 0.05) is 30.1 Å². The Bertz CT molecular complexity index is 800. The quantitative estimate of drug-likeness (QED) is 0.766. The van der Waals surface area contributed by atoms with Crippen molar-refractivity contribution in [2.24, 2.45) is 0 Å². The third kappa shape index (κ3) is 3.27. The Morgan fingerprint density at radius 3 is 2.78 bits per heavy atom. The average molecular weight is 408 g/mol. The third-order valence-corrected chi connectivity index (χ3v) is 5.91. The second-order valence-corrected chi connectivity index (χ2v) is 8.11. The summed E-state index contributed by atoms with van der Waals surface area (Å²) in [5, 5.41) is 11.0. The number of thiazole rings is 1. The number of carbonyl (C=O) groups is 1. The molecular weight excluding hydrogens is 394 g/mol. The van der Waals surface area contributed by atoms with Crippen molar-refractivity contribution in [2.45, 2.75) is 5.92 Å². The topological polar surface area (TPSA) is 57.1 Å². The molecule has 0 unspecified atom stereocenters. The van der Waals surface area contributed by atoms with Crippen LogP contribution in [0.25, 0.3) is 6.08 Å². The first kappa shape index (κ1) is 16.4. The number of thioether (sulfide) groups is 1. The molecule has 1 aromatic heterocycles. The van der Waals surface area contributed by atoms with E-state index in [4.69, 9.17) is 5.41 Å². The molecule has 0 bridgehead atoms. The summed E-state index contributed by atoms with van der Waals surface area (Å²) in [7, 11) is 3.96. The van der Waals surface area contributed by atoms with Crippen LogP contribution in [0.2, 0.25) is 0 Å². The standard InChI is InChI=1S/C16H14BrN3OS2/c1-20(2)11-4-3-9(7-10(11)17)8-12-14(21)13(15(18)23-12)16-19-5-6-22-16/h3-8,13,18H,1-2H3/b12-8-,18-15?/t13-/m1/s1. The molecule has 0 amide bonds. The van der Waals surface area contributed by atoms with Crippen molar-refractivity contribution < 1.29 is 4.79 Å². The van der Waals surface area contributed by atoms with Gasteiger partial charge in [-0.15, -0.1) is 11.3 Å². The molecule has 1 fully saturated rings.